The second kappa shape index (κ2) is 10.8. The standard InChI is InChI=1S/C20H28N4O2S/c1-4-5-6-7-8-9-10-18-23-24-20(27-18)22-19(26)16-12-11-14(2)17(13-16)21-15(3)25/h11-13H,4-10H2,1-3H3,(H,21,25)(H,22,24,26). The first-order valence-electron chi connectivity index (χ1n) is 9.51. The summed E-state index contributed by atoms with van der Waals surface area (Å²) < 4.78 is 0. The van der Waals surface area contributed by atoms with Gasteiger partial charge in [0.05, 0.1) is 0 Å². The van der Waals surface area contributed by atoms with Crippen LogP contribution in [0.25, 0.3) is 0 Å². The smallest absolute Gasteiger partial charge is 0.257 e. The van der Waals surface area contributed by atoms with Crippen molar-refractivity contribution in [3.05, 3.63) is 34.3 Å². The second-order valence-corrected chi connectivity index (χ2v) is 7.75. The van der Waals surface area contributed by atoms with Gasteiger partial charge < -0.3 is 5.32 Å². The van der Waals surface area contributed by atoms with E-state index < -0.39 is 0 Å². The molecule has 1 heterocycles. The highest BCUT2D eigenvalue weighted by atomic mass is 32.1. The molecule has 0 saturated heterocycles. The molecule has 2 rings (SSSR count). The molecule has 0 radical (unpaired) electrons. The number of rotatable bonds is 10. The summed E-state index contributed by atoms with van der Waals surface area (Å²) >= 11 is 1.42. The van der Waals surface area contributed by atoms with Crippen LogP contribution in [0.15, 0.2) is 18.2 Å². The van der Waals surface area contributed by atoms with Crippen molar-refractivity contribution in [2.24, 2.45) is 0 Å². The maximum absolute atomic E-state index is 12.4. The minimum atomic E-state index is -0.260. The lowest BCUT2D eigenvalue weighted by molar-refractivity contribution is -0.114. The molecule has 0 fully saturated rings. The van der Waals surface area contributed by atoms with Crippen molar-refractivity contribution in [2.75, 3.05) is 10.6 Å². The second-order valence-electron chi connectivity index (χ2n) is 6.68. The molecule has 0 atom stereocenters. The molecule has 0 spiro atoms. The normalized spacial score (nSPS) is 10.6. The van der Waals surface area contributed by atoms with Crippen LogP contribution >= 0.6 is 11.3 Å². The maximum atomic E-state index is 12.4. The Labute approximate surface area is 164 Å². The fourth-order valence-electron chi connectivity index (χ4n) is 2.72. The summed E-state index contributed by atoms with van der Waals surface area (Å²) in [5.74, 6) is -0.428. The third-order valence-electron chi connectivity index (χ3n) is 4.24. The number of aryl methyl sites for hydroxylation is 2. The number of nitrogens with one attached hydrogen (secondary N) is 2. The number of aromatic nitrogens is 2. The summed E-state index contributed by atoms with van der Waals surface area (Å²) in [6, 6.07) is 5.21. The fourth-order valence-corrected chi connectivity index (χ4v) is 3.50. The number of carbonyl (C=O) groups is 2. The van der Waals surface area contributed by atoms with Gasteiger partial charge in [0.1, 0.15) is 5.01 Å². The molecule has 0 bridgehead atoms. The molecule has 0 aliphatic heterocycles. The number of anilines is 2. The summed E-state index contributed by atoms with van der Waals surface area (Å²) in [7, 11) is 0. The van der Waals surface area contributed by atoms with Crippen LogP contribution in [-0.2, 0) is 11.2 Å². The van der Waals surface area contributed by atoms with Gasteiger partial charge in [0.25, 0.3) is 5.91 Å². The van der Waals surface area contributed by atoms with Gasteiger partial charge in [-0.25, -0.2) is 0 Å². The van der Waals surface area contributed by atoms with Crippen molar-refractivity contribution in [3.63, 3.8) is 0 Å². The largest absolute Gasteiger partial charge is 0.326 e. The molecule has 0 aliphatic rings. The average molecular weight is 389 g/mol. The Morgan fingerprint density at radius 3 is 2.52 bits per heavy atom. The van der Waals surface area contributed by atoms with Crippen LogP contribution in [0.4, 0.5) is 10.8 Å². The van der Waals surface area contributed by atoms with Crippen LogP contribution in [0.1, 0.15) is 73.3 Å². The van der Waals surface area contributed by atoms with Crippen molar-refractivity contribution in [1.29, 1.82) is 0 Å². The van der Waals surface area contributed by atoms with Gasteiger partial charge in [-0.05, 0) is 31.0 Å². The Hall–Kier alpha value is -2.28. The lowest BCUT2D eigenvalue weighted by atomic mass is 10.1. The van der Waals surface area contributed by atoms with Gasteiger partial charge in [-0.1, -0.05) is 56.4 Å². The van der Waals surface area contributed by atoms with Crippen LogP contribution in [-0.4, -0.2) is 22.0 Å². The monoisotopic (exact) mass is 388 g/mol. The van der Waals surface area contributed by atoms with E-state index in [4.69, 9.17) is 0 Å². The molecule has 2 aromatic rings. The number of amides is 2. The zero-order chi connectivity index (χ0) is 19.6. The molecule has 1 aromatic heterocycles. The highest BCUT2D eigenvalue weighted by Gasteiger charge is 2.12. The lowest BCUT2D eigenvalue weighted by Gasteiger charge is -2.08. The summed E-state index contributed by atoms with van der Waals surface area (Å²) in [5.41, 5.74) is 2.01. The first-order chi connectivity index (χ1) is 13.0. The molecule has 146 valence electrons. The first-order valence-corrected chi connectivity index (χ1v) is 10.3. The molecule has 7 heteroatoms. The van der Waals surface area contributed by atoms with E-state index in [1.165, 1.54) is 50.4 Å². The Bertz CT molecular complexity index is 773. The highest BCUT2D eigenvalue weighted by Crippen LogP contribution is 2.21. The average Bonchev–Trinajstić information content (AvgIpc) is 3.06. The SMILES string of the molecule is CCCCCCCCc1nnc(NC(=O)c2ccc(C)c(NC(C)=O)c2)s1. The van der Waals surface area contributed by atoms with Gasteiger partial charge in [-0.2, -0.15) is 0 Å². The predicted molar refractivity (Wildman–Crippen MR) is 110 cm³/mol. The van der Waals surface area contributed by atoms with Gasteiger partial charge in [0, 0.05) is 24.6 Å². The summed E-state index contributed by atoms with van der Waals surface area (Å²) in [6.45, 7) is 5.54. The van der Waals surface area contributed by atoms with E-state index in [1.807, 2.05) is 13.0 Å². The molecule has 0 saturated carbocycles. The number of unbranched alkanes of at least 4 members (excludes halogenated alkanes) is 5. The zero-order valence-electron chi connectivity index (χ0n) is 16.3. The van der Waals surface area contributed by atoms with Crippen molar-refractivity contribution < 1.29 is 9.59 Å². The van der Waals surface area contributed by atoms with E-state index >= 15 is 0 Å². The number of benzene rings is 1. The third-order valence-corrected chi connectivity index (χ3v) is 5.14. The van der Waals surface area contributed by atoms with Crippen molar-refractivity contribution in [3.8, 4) is 0 Å². The Morgan fingerprint density at radius 2 is 1.78 bits per heavy atom. The van der Waals surface area contributed by atoms with Gasteiger partial charge in [0.2, 0.25) is 11.0 Å². The molecule has 27 heavy (non-hydrogen) atoms. The predicted octanol–water partition coefficient (Wildman–Crippen LogP) is 4.96. The van der Waals surface area contributed by atoms with Gasteiger partial charge in [-0.3, -0.25) is 14.9 Å². The van der Waals surface area contributed by atoms with Crippen LogP contribution in [0.3, 0.4) is 0 Å². The molecular weight excluding hydrogens is 360 g/mol. The van der Waals surface area contributed by atoms with E-state index in [0.29, 0.717) is 16.4 Å². The van der Waals surface area contributed by atoms with Gasteiger partial charge in [-0.15, -0.1) is 10.2 Å². The number of carbonyl (C=O) groups excluding carboxylic acids is 2. The van der Waals surface area contributed by atoms with Crippen molar-refractivity contribution in [1.82, 2.24) is 10.2 Å². The summed E-state index contributed by atoms with van der Waals surface area (Å²) in [5, 5.41) is 15.2. The molecule has 1 aromatic carbocycles. The first kappa shape index (κ1) is 21.0. The quantitative estimate of drug-likeness (QED) is 0.563. The molecular formula is C20H28N4O2S. The lowest BCUT2D eigenvalue weighted by Crippen LogP contribution is -2.13. The zero-order valence-corrected chi connectivity index (χ0v) is 17.1. The number of hydrogen-bond acceptors (Lipinski definition) is 5. The number of nitrogens with zero attached hydrogens (tertiary/aromatic N) is 2. The molecule has 6 nitrogen and oxygen atoms in total. The van der Waals surface area contributed by atoms with Crippen LogP contribution in [0.5, 0.6) is 0 Å². The molecule has 0 unspecified atom stereocenters. The molecule has 0 aliphatic carbocycles. The Kier molecular flexibility index (Phi) is 8.39. The van der Waals surface area contributed by atoms with Gasteiger partial charge in [0.15, 0.2) is 0 Å². The van der Waals surface area contributed by atoms with Crippen LogP contribution in [0, 0.1) is 6.92 Å². The van der Waals surface area contributed by atoms with Crippen molar-refractivity contribution in [2.45, 2.75) is 65.7 Å². The van der Waals surface area contributed by atoms with Crippen LogP contribution < -0.4 is 10.6 Å². The maximum Gasteiger partial charge on any atom is 0.257 e. The summed E-state index contributed by atoms with van der Waals surface area (Å²) in [6.07, 6.45) is 8.33. The van der Waals surface area contributed by atoms with Gasteiger partial charge >= 0.3 is 0 Å². The fraction of sp³-hybridized carbons (Fsp3) is 0.500. The highest BCUT2D eigenvalue weighted by molar-refractivity contribution is 7.15. The summed E-state index contributed by atoms with van der Waals surface area (Å²) in [4.78, 5) is 23.7. The van der Waals surface area contributed by atoms with Crippen LogP contribution in [0.2, 0.25) is 0 Å². The Balaban J connectivity index is 1.87. The molecule has 2 N–H and O–H groups in total. The van der Waals surface area contributed by atoms with E-state index in [2.05, 4.69) is 27.8 Å². The number of hydrogen-bond donors (Lipinski definition) is 2. The minimum absolute atomic E-state index is 0.167. The third kappa shape index (κ3) is 7.09. The topological polar surface area (TPSA) is 84.0 Å². The Morgan fingerprint density at radius 1 is 1.04 bits per heavy atom. The molecule has 2 amide bonds. The van der Waals surface area contributed by atoms with E-state index in [9.17, 15) is 9.59 Å². The van der Waals surface area contributed by atoms with E-state index in [1.54, 1.807) is 12.1 Å². The minimum Gasteiger partial charge on any atom is -0.326 e. The van der Waals surface area contributed by atoms with E-state index in [0.717, 1.165) is 23.4 Å². The van der Waals surface area contributed by atoms with Crippen molar-refractivity contribution >= 4 is 34.0 Å². The van der Waals surface area contributed by atoms with E-state index in [-0.39, 0.29) is 11.8 Å².